The second-order valence-electron chi connectivity index (χ2n) is 2.43. The first-order valence-electron chi connectivity index (χ1n) is 3.18. The van der Waals surface area contributed by atoms with Crippen LogP contribution in [0.4, 0.5) is 0 Å². The van der Waals surface area contributed by atoms with E-state index in [1.165, 1.54) is 0 Å². The Morgan fingerprint density at radius 1 is 1.56 bits per heavy atom. The van der Waals surface area contributed by atoms with Gasteiger partial charge in [-0.15, -0.1) is 0 Å². The first-order chi connectivity index (χ1) is 4.22. The lowest BCUT2D eigenvalue weighted by molar-refractivity contribution is 0.00562. The van der Waals surface area contributed by atoms with Crippen LogP contribution in [0, 0.1) is 5.92 Å². The van der Waals surface area contributed by atoms with Gasteiger partial charge in [0, 0.05) is 6.61 Å². The van der Waals surface area contributed by atoms with Crippen molar-refractivity contribution in [2.75, 3.05) is 6.61 Å². The SMILES string of the molecule is CC(C)C(CCO)ON. The molecule has 3 N–H and O–H groups in total. The summed E-state index contributed by atoms with van der Waals surface area (Å²) in [6.07, 6.45) is 0.615. The lowest BCUT2D eigenvalue weighted by atomic mass is 10.1. The third-order valence-corrected chi connectivity index (χ3v) is 1.33. The Hall–Kier alpha value is -0.120. The van der Waals surface area contributed by atoms with Crippen LogP contribution < -0.4 is 5.90 Å². The third kappa shape index (κ3) is 3.46. The summed E-state index contributed by atoms with van der Waals surface area (Å²) in [5.41, 5.74) is 0. The smallest absolute Gasteiger partial charge is 0.0832 e. The zero-order chi connectivity index (χ0) is 7.28. The lowest BCUT2D eigenvalue weighted by Crippen LogP contribution is -2.24. The normalized spacial score (nSPS) is 14.3. The zero-order valence-electron chi connectivity index (χ0n) is 6.00. The van der Waals surface area contributed by atoms with Crippen LogP contribution in [-0.4, -0.2) is 17.8 Å². The first-order valence-corrected chi connectivity index (χ1v) is 3.18. The van der Waals surface area contributed by atoms with Gasteiger partial charge >= 0.3 is 0 Å². The summed E-state index contributed by atoms with van der Waals surface area (Å²) in [5.74, 6) is 5.33. The largest absolute Gasteiger partial charge is 0.396 e. The van der Waals surface area contributed by atoms with Crippen LogP contribution in [0.5, 0.6) is 0 Å². The van der Waals surface area contributed by atoms with Gasteiger partial charge < -0.3 is 9.94 Å². The number of rotatable bonds is 4. The summed E-state index contributed by atoms with van der Waals surface area (Å²) >= 11 is 0. The molecule has 0 saturated heterocycles. The minimum atomic E-state index is -0.00463. The number of nitrogens with two attached hydrogens (primary N) is 1. The van der Waals surface area contributed by atoms with Crippen LogP contribution in [-0.2, 0) is 4.84 Å². The van der Waals surface area contributed by atoms with E-state index in [0.29, 0.717) is 12.3 Å². The average Bonchev–Trinajstić information content (AvgIpc) is 1.82. The summed E-state index contributed by atoms with van der Waals surface area (Å²) in [7, 11) is 0. The second kappa shape index (κ2) is 4.73. The van der Waals surface area contributed by atoms with E-state index in [1.807, 2.05) is 13.8 Å². The van der Waals surface area contributed by atoms with Crippen molar-refractivity contribution in [1.29, 1.82) is 0 Å². The predicted molar refractivity (Wildman–Crippen MR) is 35.6 cm³/mol. The summed E-state index contributed by atoms with van der Waals surface area (Å²) in [6.45, 7) is 4.15. The maximum absolute atomic E-state index is 8.48. The highest BCUT2D eigenvalue weighted by molar-refractivity contribution is 4.59. The number of hydrogen-bond donors (Lipinski definition) is 2. The van der Waals surface area contributed by atoms with Gasteiger partial charge in [0.25, 0.3) is 0 Å². The van der Waals surface area contributed by atoms with Gasteiger partial charge in [-0.2, -0.15) is 0 Å². The van der Waals surface area contributed by atoms with Gasteiger partial charge in [0.05, 0.1) is 6.10 Å². The van der Waals surface area contributed by atoms with Gasteiger partial charge in [0.15, 0.2) is 0 Å². The molecule has 0 aromatic rings. The van der Waals surface area contributed by atoms with E-state index in [0.717, 1.165) is 0 Å². The molecule has 9 heavy (non-hydrogen) atoms. The van der Waals surface area contributed by atoms with Crippen LogP contribution in [0.1, 0.15) is 20.3 Å². The van der Waals surface area contributed by atoms with Gasteiger partial charge in [-0.05, 0) is 12.3 Å². The fraction of sp³-hybridized carbons (Fsp3) is 1.00. The molecular formula is C6H15NO2. The van der Waals surface area contributed by atoms with Crippen LogP contribution in [0.25, 0.3) is 0 Å². The molecule has 0 saturated carbocycles. The summed E-state index contributed by atoms with van der Waals surface area (Å²) in [6, 6.07) is 0. The molecule has 0 radical (unpaired) electrons. The third-order valence-electron chi connectivity index (χ3n) is 1.33. The Bertz CT molecular complexity index is 66.1. The molecule has 56 valence electrons. The van der Waals surface area contributed by atoms with E-state index in [9.17, 15) is 0 Å². The second-order valence-corrected chi connectivity index (χ2v) is 2.43. The van der Waals surface area contributed by atoms with Gasteiger partial charge in [-0.25, -0.2) is 5.90 Å². The van der Waals surface area contributed by atoms with Crippen molar-refractivity contribution in [2.24, 2.45) is 11.8 Å². The fourth-order valence-corrected chi connectivity index (χ4v) is 0.686. The average molecular weight is 133 g/mol. The molecule has 3 nitrogen and oxygen atoms in total. The highest BCUT2D eigenvalue weighted by Crippen LogP contribution is 2.06. The van der Waals surface area contributed by atoms with E-state index >= 15 is 0 Å². The molecule has 0 aliphatic heterocycles. The highest BCUT2D eigenvalue weighted by atomic mass is 16.6. The summed E-state index contributed by atoms with van der Waals surface area (Å²) in [5, 5.41) is 8.48. The Kier molecular flexibility index (Phi) is 4.67. The van der Waals surface area contributed by atoms with Crippen molar-refractivity contribution in [3.8, 4) is 0 Å². The Labute approximate surface area is 55.8 Å². The quantitative estimate of drug-likeness (QED) is 0.542. The molecule has 0 amide bonds. The minimum absolute atomic E-state index is 0.00463. The van der Waals surface area contributed by atoms with E-state index < -0.39 is 0 Å². The molecule has 1 unspecified atom stereocenters. The fourth-order valence-electron chi connectivity index (χ4n) is 0.686. The van der Waals surface area contributed by atoms with Gasteiger partial charge in [0.2, 0.25) is 0 Å². The molecular weight excluding hydrogens is 118 g/mol. The predicted octanol–water partition coefficient (Wildman–Crippen LogP) is 0.284. The molecule has 0 aromatic carbocycles. The monoisotopic (exact) mass is 133 g/mol. The van der Waals surface area contributed by atoms with Gasteiger partial charge in [0.1, 0.15) is 0 Å². The Morgan fingerprint density at radius 3 is 2.22 bits per heavy atom. The first kappa shape index (κ1) is 8.88. The van der Waals surface area contributed by atoms with E-state index in [2.05, 4.69) is 4.84 Å². The van der Waals surface area contributed by atoms with Crippen molar-refractivity contribution >= 4 is 0 Å². The highest BCUT2D eigenvalue weighted by Gasteiger charge is 2.10. The maximum Gasteiger partial charge on any atom is 0.0832 e. The Morgan fingerprint density at radius 2 is 2.11 bits per heavy atom. The van der Waals surface area contributed by atoms with Gasteiger partial charge in [-0.3, -0.25) is 0 Å². The van der Waals surface area contributed by atoms with Crippen molar-refractivity contribution in [1.82, 2.24) is 0 Å². The van der Waals surface area contributed by atoms with Crippen LogP contribution >= 0.6 is 0 Å². The topological polar surface area (TPSA) is 55.5 Å². The molecule has 0 rings (SSSR count). The molecule has 0 fully saturated rings. The lowest BCUT2D eigenvalue weighted by Gasteiger charge is -2.16. The molecule has 3 heteroatoms. The number of aliphatic hydroxyl groups excluding tert-OH is 1. The van der Waals surface area contributed by atoms with Crippen molar-refractivity contribution in [3.63, 3.8) is 0 Å². The molecule has 0 aliphatic carbocycles. The zero-order valence-corrected chi connectivity index (χ0v) is 6.00. The molecule has 1 atom stereocenters. The van der Waals surface area contributed by atoms with Gasteiger partial charge in [-0.1, -0.05) is 13.8 Å². The van der Waals surface area contributed by atoms with Crippen molar-refractivity contribution in [3.05, 3.63) is 0 Å². The molecule has 0 bridgehead atoms. The van der Waals surface area contributed by atoms with Crippen molar-refractivity contribution < 1.29 is 9.94 Å². The number of hydrogen-bond acceptors (Lipinski definition) is 3. The van der Waals surface area contributed by atoms with Crippen LogP contribution in [0.3, 0.4) is 0 Å². The van der Waals surface area contributed by atoms with E-state index in [4.69, 9.17) is 11.0 Å². The van der Waals surface area contributed by atoms with Crippen LogP contribution in [0.15, 0.2) is 0 Å². The standard InChI is InChI=1S/C6H15NO2/c1-5(2)6(9-7)3-4-8/h5-6,8H,3-4,7H2,1-2H3. The molecule has 0 heterocycles. The van der Waals surface area contributed by atoms with E-state index in [1.54, 1.807) is 0 Å². The maximum atomic E-state index is 8.48. The molecule has 0 aliphatic rings. The summed E-state index contributed by atoms with van der Waals surface area (Å²) in [4.78, 5) is 4.59. The summed E-state index contributed by atoms with van der Waals surface area (Å²) < 4.78 is 0. The Balaban J connectivity index is 3.41. The van der Waals surface area contributed by atoms with E-state index in [-0.39, 0.29) is 12.7 Å². The molecule has 0 aromatic heterocycles. The van der Waals surface area contributed by atoms with Crippen LogP contribution in [0.2, 0.25) is 0 Å². The number of aliphatic hydroxyl groups is 1. The van der Waals surface area contributed by atoms with Crippen molar-refractivity contribution in [2.45, 2.75) is 26.4 Å². The minimum Gasteiger partial charge on any atom is -0.396 e. The molecule has 0 spiro atoms.